The topological polar surface area (TPSA) is 114 Å². The van der Waals surface area contributed by atoms with E-state index in [1.165, 1.54) is 4.57 Å². The minimum absolute atomic E-state index is 0.0721. The highest BCUT2D eigenvalue weighted by atomic mass is 16.6. The molecule has 0 saturated carbocycles. The van der Waals surface area contributed by atoms with Crippen molar-refractivity contribution in [3.05, 3.63) is 56.9 Å². The van der Waals surface area contributed by atoms with Crippen LogP contribution in [-0.2, 0) is 33.0 Å². The van der Waals surface area contributed by atoms with Gasteiger partial charge >= 0.3 is 5.97 Å². The van der Waals surface area contributed by atoms with E-state index in [4.69, 9.17) is 14.5 Å². The summed E-state index contributed by atoms with van der Waals surface area (Å²) in [5.74, 6) is -0.588. The molecule has 0 bridgehead atoms. The molecular formula is C26H29N3O6. The summed E-state index contributed by atoms with van der Waals surface area (Å²) in [6.07, 6.45) is 0.0984. The van der Waals surface area contributed by atoms with Crippen molar-refractivity contribution in [1.82, 2.24) is 14.5 Å². The van der Waals surface area contributed by atoms with Crippen molar-refractivity contribution in [3.8, 4) is 17.1 Å². The van der Waals surface area contributed by atoms with Gasteiger partial charge in [0.2, 0.25) is 0 Å². The van der Waals surface area contributed by atoms with E-state index < -0.39 is 17.8 Å². The van der Waals surface area contributed by atoms with Crippen molar-refractivity contribution in [3.63, 3.8) is 0 Å². The van der Waals surface area contributed by atoms with Crippen LogP contribution in [0.3, 0.4) is 0 Å². The Morgan fingerprint density at radius 2 is 2.03 bits per heavy atom. The van der Waals surface area contributed by atoms with Crippen molar-refractivity contribution in [2.75, 3.05) is 20.7 Å². The molecule has 0 amide bonds. The molecule has 0 fully saturated rings. The third-order valence-electron chi connectivity index (χ3n) is 6.80. The normalized spacial score (nSPS) is 20.6. The van der Waals surface area contributed by atoms with Crippen LogP contribution in [0.1, 0.15) is 55.2 Å². The van der Waals surface area contributed by atoms with Crippen LogP contribution in [0.2, 0.25) is 0 Å². The number of rotatable bonds is 6. The van der Waals surface area contributed by atoms with Crippen LogP contribution in [-0.4, -0.2) is 51.3 Å². The molecule has 2 N–H and O–H groups in total. The average molecular weight is 480 g/mol. The smallest absolute Gasteiger partial charge is 0.343 e. The lowest BCUT2D eigenvalue weighted by molar-refractivity contribution is -0.172. The molecule has 3 aromatic rings. The lowest BCUT2D eigenvalue weighted by Gasteiger charge is -2.32. The maximum absolute atomic E-state index is 13.7. The first-order valence-corrected chi connectivity index (χ1v) is 11.8. The van der Waals surface area contributed by atoms with E-state index in [9.17, 15) is 19.8 Å². The SMILES string of the molecule is CCCO[C@@H]1c2cc3c(CN(C)C)c(O)ccc3nc2-c2cc3c(c(=O)n21)COC(=O)[C@]3(O)CC. The number of phenolic OH excluding ortho intramolecular Hbond substituents is 1. The maximum atomic E-state index is 13.7. The largest absolute Gasteiger partial charge is 0.508 e. The van der Waals surface area contributed by atoms with Gasteiger partial charge in [0.1, 0.15) is 12.4 Å². The molecule has 1 aromatic carbocycles. The van der Waals surface area contributed by atoms with Gasteiger partial charge < -0.3 is 24.6 Å². The van der Waals surface area contributed by atoms with Crippen LogP contribution >= 0.6 is 0 Å². The lowest BCUT2D eigenvalue weighted by atomic mass is 9.86. The van der Waals surface area contributed by atoms with Gasteiger partial charge in [0.05, 0.1) is 22.5 Å². The van der Waals surface area contributed by atoms with Crippen LogP contribution in [0, 0.1) is 0 Å². The van der Waals surface area contributed by atoms with Crippen molar-refractivity contribution in [2.24, 2.45) is 0 Å². The number of pyridine rings is 2. The number of aromatic nitrogens is 2. The second-order valence-corrected chi connectivity index (χ2v) is 9.40. The number of fused-ring (bicyclic) bond motifs is 5. The number of hydrogen-bond donors (Lipinski definition) is 2. The fourth-order valence-electron chi connectivity index (χ4n) is 5.01. The van der Waals surface area contributed by atoms with Gasteiger partial charge in [-0.3, -0.25) is 9.36 Å². The number of phenols is 1. The number of benzene rings is 1. The summed E-state index contributed by atoms with van der Waals surface area (Å²) in [5, 5.41) is 22.5. The minimum Gasteiger partial charge on any atom is -0.508 e. The van der Waals surface area contributed by atoms with E-state index in [1.54, 1.807) is 25.1 Å². The second kappa shape index (κ2) is 8.44. The maximum Gasteiger partial charge on any atom is 0.343 e. The van der Waals surface area contributed by atoms with Gasteiger partial charge in [-0.2, -0.15) is 0 Å². The third-order valence-corrected chi connectivity index (χ3v) is 6.80. The van der Waals surface area contributed by atoms with E-state index in [0.29, 0.717) is 35.6 Å². The molecule has 2 aliphatic heterocycles. The van der Waals surface area contributed by atoms with Crippen LogP contribution < -0.4 is 5.56 Å². The summed E-state index contributed by atoms with van der Waals surface area (Å²) >= 11 is 0. The number of carbonyl (C=O) groups is 1. The zero-order valence-electron chi connectivity index (χ0n) is 20.3. The van der Waals surface area contributed by atoms with Gasteiger partial charge in [-0.25, -0.2) is 9.78 Å². The molecule has 0 aliphatic carbocycles. The van der Waals surface area contributed by atoms with Crippen LogP contribution in [0.4, 0.5) is 0 Å². The number of esters is 1. The van der Waals surface area contributed by atoms with Crippen molar-refractivity contribution >= 4 is 16.9 Å². The van der Waals surface area contributed by atoms with Crippen LogP contribution in [0.25, 0.3) is 22.3 Å². The number of cyclic esters (lactones) is 1. The van der Waals surface area contributed by atoms with E-state index in [0.717, 1.165) is 17.4 Å². The molecule has 35 heavy (non-hydrogen) atoms. The second-order valence-electron chi connectivity index (χ2n) is 9.40. The molecule has 4 heterocycles. The molecule has 0 radical (unpaired) electrons. The fraction of sp³-hybridized carbons (Fsp3) is 0.423. The van der Waals surface area contributed by atoms with Gasteiger partial charge in [0.25, 0.3) is 5.56 Å². The molecule has 9 nitrogen and oxygen atoms in total. The van der Waals surface area contributed by atoms with Gasteiger partial charge in [-0.15, -0.1) is 0 Å². The van der Waals surface area contributed by atoms with E-state index in [-0.39, 0.29) is 35.5 Å². The molecule has 0 spiro atoms. The van der Waals surface area contributed by atoms with Gasteiger partial charge in [0, 0.05) is 35.2 Å². The number of ether oxygens (including phenoxy) is 2. The summed E-state index contributed by atoms with van der Waals surface area (Å²) in [7, 11) is 3.84. The van der Waals surface area contributed by atoms with E-state index in [1.807, 2.05) is 32.0 Å². The number of aromatic hydroxyl groups is 1. The van der Waals surface area contributed by atoms with Crippen molar-refractivity contribution in [1.29, 1.82) is 0 Å². The van der Waals surface area contributed by atoms with E-state index >= 15 is 0 Å². The number of hydrogen-bond acceptors (Lipinski definition) is 8. The summed E-state index contributed by atoms with van der Waals surface area (Å²) in [4.78, 5) is 33.0. The molecule has 2 atom stereocenters. The first-order chi connectivity index (χ1) is 16.7. The summed E-state index contributed by atoms with van der Waals surface area (Å²) < 4.78 is 12.9. The summed E-state index contributed by atoms with van der Waals surface area (Å²) in [6.45, 7) is 4.38. The average Bonchev–Trinajstić information content (AvgIpc) is 3.13. The molecule has 2 aromatic heterocycles. The molecular weight excluding hydrogens is 450 g/mol. The highest BCUT2D eigenvalue weighted by Gasteiger charge is 2.46. The summed E-state index contributed by atoms with van der Waals surface area (Å²) in [5.41, 5.74) is 1.36. The molecule has 184 valence electrons. The zero-order chi connectivity index (χ0) is 25.1. The number of carbonyl (C=O) groups excluding carboxylic acids is 1. The van der Waals surface area contributed by atoms with Crippen LogP contribution in [0.5, 0.6) is 5.75 Å². The Labute approximate surface area is 202 Å². The fourth-order valence-corrected chi connectivity index (χ4v) is 5.01. The summed E-state index contributed by atoms with van der Waals surface area (Å²) in [6, 6.07) is 6.96. The Balaban J connectivity index is 1.81. The number of nitrogens with zero attached hydrogens (tertiary/aromatic N) is 3. The molecule has 2 aliphatic rings. The molecule has 0 unspecified atom stereocenters. The Morgan fingerprint density at radius 3 is 2.71 bits per heavy atom. The van der Waals surface area contributed by atoms with Crippen molar-refractivity contribution < 1.29 is 24.5 Å². The van der Waals surface area contributed by atoms with E-state index in [2.05, 4.69) is 0 Å². The first kappa shape index (κ1) is 23.5. The first-order valence-electron chi connectivity index (χ1n) is 11.8. The Kier molecular flexibility index (Phi) is 5.66. The highest BCUT2D eigenvalue weighted by molar-refractivity contribution is 5.89. The Bertz CT molecular complexity index is 1410. The van der Waals surface area contributed by atoms with Gasteiger partial charge in [-0.1, -0.05) is 13.8 Å². The Hall–Kier alpha value is -3.27. The molecule has 0 saturated heterocycles. The Morgan fingerprint density at radius 1 is 1.26 bits per heavy atom. The van der Waals surface area contributed by atoms with Gasteiger partial charge in [-0.05, 0) is 51.2 Å². The zero-order valence-corrected chi connectivity index (χ0v) is 20.3. The lowest BCUT2D eigenvalue weighted by Crippen LogP contribution is -2.44. The highest BCUT2D eigenvalue weighted by Crippen LogP contribution is 2.44. The quantitative estimate of drug-likeness (QED) is 0.519. The van der Waals surface area contributed by atoms with Crippen molar-refractivity contribution in [2.45, 2.75) is 51.7 Å². The van der Waals surface area contributed by atoms with Crippen LogP contribution in [0.15, 0.2) is 29.1 Å². The standard InChI is InChI=1S/C26H29N3O6/c1-5-9-34-24-15-10-14-16(12-28(3)4)21(30)8-7-19(14)27-22(15)20-11-18-17(23(31)29(20)24)13-35-25(32)26(18,33)6-2/h7-8,10-11,24,30,33H,5-6,9,12-13H2,1-4H3/t24-,26+/m1/s1. The minimum atomic E-state index is -1.90. The predicted octanol–water partition coefficient (Wildman–Crippen LogP) is 2.77. The third kappa shape index (κ3) is 3.45. The predicted molar refractivity (Wildman–Crippen MR) is 129 cm³/mol. The van der Waals surface area contributed by atoms with Gasteiger partial charge in [0.15, 0.2) is 11.8 Å². The monoisotopic (exact) mass is 479 g/mol. The number of aliphatic hydroxyl groups is 1. The molecule has 5 rings (SSSR count). The molecule has 9 heteroatoms.